The fourth-order valence-corrected chi connectivity index (χ4v) is 0.947. The molecule has 0 radical (unpaired) electrons. The van der Waals surface area contributed by atoms with E-state index in [1.165, 1.54) is 0 Å². The third kappa shape index (κ3) is 2.25. The molecule has 0 saturated carbocycles. The van der Waals surface area contributed by atoms with Crippen LogP contribution in [-0.2, 0) is 0 Å². The smallest absolute Gasteiger partial charge is 0.140 e. The standard InChI is InChI=1S/C9H11N3O/c1-6(13)9(11)8-4-2-3-7(5-10)12-8/h2-4,6,9,13H,11H2,1H3/t6-,9+/m0/s1. The van der Waals surface area contributed by atoms with Crippen LogP contribution in [0.2, 0.25) is 0 Å². The first-order chi connectivity index (χ1) is 6.15. The van der Waals surface area contributed by atoms with Crippen molar-refractivity contribution in [3.05, 3.63) is 29.6 Å². The third-order valence-electron chi connectivity index (χ3n) is 1.75. The summed E-state index contributed by atoms with van der Waals surface area (Å²) in [5.74, 6) is 0. The molecule has 1 aromatic heterocycles. The summed E-state index contributed by atoms with van der Waals surface area (Å²) in [6.45, 7) is 1.59. The first-order valence-corrected chi connectivity index (χ1v) is 3.96. The van der Waals surface area contributed by atoms with E-state index in [0.717, 1.165) is 0 Å². The summed E-state index contributed by atoms with van der Waals surface area (Å²) in [4.78, 5) is 3.97. The Hall–Kier alpha value is -1.44. The monoisotopic (exact) mass is 177 g/mol. The van der Waals surface area contributed by atoms with Gasteiger partial charge in [-0.1, -0.05) is 6.07 Å². The number of rotatable bonds is 2. The maximum atomic E-state index is 9.19. The molecule has 1 heterocycles. The van der Waals surface area contributed by atoms with Gasteiger partial charge >= 0.3 is 0 Å². The highest BCUT2D eigenvalue weighted by Gasteiger charge is 2.13. The summed E-state index contributed by atoms with van der Waals surface area (Å²) >= 11 is 0. The van der Waals surface area contributed by atoms with Crippen molar-refractivity contribution in [1.82, 2.24) is 4.98 Å². The van der Waals surface area contributed by atoms with Gasteiger partial charge in [-0.3, -0.25) is 0 Å². The van der Waals surface area contributed by atoms with Crippen molar-refractivity contribution in [2.24, 2.45) is 5.73 Å². The number of nitriles is 1. The fourth-order valence-electron chi connectivity index (χ4n) is 0.947. The molecule has 0 fully saturated rings. The summed E-state index contributed by atoms with van der Waals surface area (Å²) in [7, 11) is 0. The molecule has 68 valence electrons. The Bertz CT molecular complexity index is 330. The zero-order chi connectivity index (χ0) is 9.84. The van der Waals surface area contributed by atoms with Crippen LogP contribution in [0.1, 0.15) is 24.4 Å². The highest BCUT2D eigenvalue weighted by molar-refractivity contribution is 5.23. The molecule has 4 heteroatoms. The van der Waals surface area contributed by atoms with E-state index in [-0.39, 0.29) is 0 Å². The SMILES string of the molecule is C[C@H](O)[C@@H](N)c1cccc(C#N)n1. The van der Waals surface area contributed by atoms with Crippen LogP contribution in [0.25, 0.3) is 0 Å². The number of nitrogens with two attached hydrogens (primary N) is 1. The minimum absolute atomic E-state index is 0.314. The Labute approximate surface area is 76.6 Å². The van der Waals surface area contributed by atoms with Gasteiger partial charge in [0.1, 0.15) is 11.8 Å². The van der Waals surface area contributed by atoms with E-state index < -0.39 is 12.1 Å². The molecule has 4 nitrogen and oxygen atoms in total. The summed E-state index contributed by atoms with van der Waals surface area (Å²) in [6.07, 6.45) is -0.665. The van der Waals surface area contributed by atoms with E-state index in [1.807, 2.05) is 6.07 Å². The van der Waals surface area contributed by atoms with Crippen molar-refractivity contribution in [3.63, 3.8) is 0 Å². The molecule has 0 aliphatic heterocycles. The van der Waals surface area contributed by atoms with Gasteiger partial charge in [-0.15, -0.1) is 0 Å². The van der Waals surface area contributed by atoms with Crippen LogP contribution < -0.4 is 5.73 Å². The van der Waals surface area contributed by atoms with Gasteiger partial charge in [0.05, 0.1) is 17.8 Å². The molecule has 13 heavy (non-hydrogen) atoms. The van der Waals surface area contributed by atoms with Crippen LogP contribution in [0.4, 0.5) is 0 Å². The van der Waals surface area contributed by atoms with Gasteiger partial charge < -0.3 is 10.8 Å². The Kier molecular flexibility index (Phi) is 2.96. The Morgan fingerprint density at radius 3 is 2.85 bits per heavy atom. The molecule has 0 aliphatic rings. The predicted molar refractivity (Wildman–Crippen MR) is 47.6 cm³/mol. The van der Waals surface area contributed by atoms with E-state index in [9.17, 15) is 5.11 Å². The molecule has 0 saturated heterocycles. The van der Waals surface area contributed by atoms with E-state index in [2.05, 4.69) is 4.98 Å². The van der Waals surface area contributed by atoms with Crippen LogP contribution in [0.5, 0.6) is 0 Å². The second kappa shape index (κ2) is 3.99. The second-order valence-corrected chi connectivity index (χ2v) is 2.83. The number of hydrogen-bond donors (Lipinski definition) is 2. The van der Waals surface area contributed by atoms with Crippen molar-refractivity contribution < 1.29 is 5.11 Å². The van der Waals surface area contributed by atoms with Gasteiger partial charge in [0, 0.05) is 0 Å². The number of aliphatic hydroxyl groups excluding tert-OH is 1. The van der Waals surface area contributed by atoms with E-state index in [1.54, 1.807) is 25.1 Å². The summed E-state index contributed by atoms with van der Waals surface area (Å²) in [6, 6.07) is 6.36. The lowest BCUT2D eigenvalue weighted by Gasteiger charge is -2.13. The number of aliphatic hydroxyl groups is 1. The summed E-state index contributed by atoms with van der Waals surface area (Å²) in [5.41, 5.74) is 6.49. The minimum atomic E-state index is -0.665. The second-order valence-electron chi connectivity index (χ2n) is 2.83. The normalized spacial score (nSPS) is 14.6. The molecule has 0 unspecified atom stereocenters. The molecular formula is C9H11N3O. The van der Waals surface area contributed by atoms with Gasteiger partial charge in [0.2, 0.25) is 0 Å². The lowest BCUT2D eigenvalue weighted by atomic mass is 10.1. The van der Waals surface area contributed by atoms with Gasteiger partial charge in [0.15, 0.2) is 0 Å². The molecule has 1 rings (SSSR count). The minimum Gasteiger partial charge on any atom is -0.391 e. The van der Waals surface area contributed by atoms with Crippen LogP contribution in [0.15, 0.2) is 18.2 Å². The van der Waals surface area contributed by atoms with E-state index in [0.29, 0.717) is 11.4 Å². The maximum absolute atomic E-state index is 9.19. The van der Waals surface area contributed by atoms with Crippen molar-refractivity contribution in [3.8, 4) is 6.07 Å². The Balaban J connectivity index is 2.96. The first-order valence-electron chi connectivity index (χ1n) is 3.96. The summed E-state index contributed by atoms with van der Waals surface area (Å²) in [5, 5.41) is 17.8. The van der Waals surface area contributed by atoms with Gasteiger partial charge in [-0.2, -0.15) is 5.26 Å². The first kappa shape index (κ1) is 9.65. The van der Waals surface area contributed by atoms with Crippen molar-refractivity contribution in [1.29, 1.82) is 5.26 Å². The molecule has 0 spiro atoms. The summed E-state index contributed by atoms with van der Waals surface area (Å²) < 4.78 is 0. The number of aromatic nitrogens is 1. The van der Waals surface area contributed by atoms with E-state index >= 15 is 0 Å². The lowest BCUT2D eigenvalue weighted by molar-refractivity contribution is 0.162. The molecular weight excluding hydrogens is 166 g/mol. The van der Waals surface area contributed by atoms with Gasteiger partial charge in [0.25, 0.3) is 0 Å². The van der Waals surface area contributed by atoms with Crippen LogP contribution in [0.3, 0.4) is 0 Å². The van der Waals surface area contributed by atoms with Gasteiger partial charge in [-0.25, -0.2) is 4.98 Å². The number of pyridine rings is 1. The maximum Gasteiger partial charge on any atom is 0.140 e. The molecule has 3 N–H and O–H groups in total. The quantitative estimate of drug-likeness (QED) is 0.682. The molecule has 0 bridgehead atoms. The lowest BCUT2D eigenvalue weighted by Crippen LogP contribution is -2.24. The fraction of sp³-hybridized carbons (Fsp3) is 0.333. The topological polar surface area (TPSA) is 82.9 Å². The largest absolute Gasteiger partial charge is 0.391 e. The molecule has 0 aromatic carbocycles. The van der Waals surface area contributed by atoms with Crippen LogP contribution in [0, 0.1) is 11.3 Å². The van der Waals surface area contributed by atoms with Crippen molar-refractivity contribution >= 4 is 0 Å². The van der Waals surface area contributed by atoms with Crippen LogP contribution >= 0.6 is 0 Å². The molecule has 0 aliphatic carbocycles. The Morgan fingerprint density at radius 1 is 1.62 bits per heavy atom. The molecule has 1 aromatic rings. The highest BCUT2D eigenvalue weighted by atomic mass is 16.3. The zero-order valence-electron chi connectivity index (χ0n) is 7.31. The van der Waals surface area contributed by atoms with Crippen LogP contribution in [-0.4, -0.2) is 16.2 Å². The highest BCUT2D eigenvalue weighted by Crippen LogP contribution is 2.11. The van der Waals surface area contributed by atoms with Crippen molar-refractivity contribution in [2.75, 3.05) is 0 Å². The van der Waals surface area contributed by atoms with Crippen molar-refractivity contribution in [2.45, 2.75) is 19.1 Å². The number of hydrogen-bond acceptors (Lipinski definition) is 4. The average molecular weight is 177 g/mol. The van der Waals surface area contributed by atoms with E-state index in [4.69, 9.17) is 11.0 Å². The van der Waals surface area contributed by atoms with Gasteiger partial charge in [-0.05, 0) is 19.1 Å². The zero-order valence-corrected chi connectivity index (χ0v) is 7.31. The predicted octanol–water partition coefficient (Wildman–Crippen LogP) is 0.334. The molecule has 0 amide bonds. The third-order valence-corrected chi connectivity index (χ3v) is 1.75. The Morgan fingerprint density at radius 2 is 2.31 bits per heavy atom. The number of nitrogens with zero attached hydrogens (tertiary/aromatic N) is 2. The molecule has 2 atom stereocenters. The average Bonchev–Trinajstić information content (AvgIpc) is 2.16.